The number of halogens is 2. The lowest BCUT2D eigenvalue weighted by Crippen LogP contribution is -2.21. The van der Waals surface area contributed by atoms with Crippen molar-refractivity contribution in [2.75, 3.05) is 19.4 Å². The summed E-state index contributed by atoms with van der Waals surface area (Å²) in [5.41, 5.74) is 7.36. The molecule has 1 aromatic carbocycles. The Kier molecular flexibility index (Phi) is 5.83. The van der Waals surface area contributed by atoms with E-state index < -0.39 is 6.43 Å². The van der Waals surface area contributed by atoms with Crippen molar-refractivity contribution in [2.45, 2.75) is 13.3 Å². The maximum atomic E-state index is 12.7. The van der Waals surface area contributed by atoms with Gasteiger partial charge in [0.05, 0.1) is 5.57 Å². The summed E-state index contributed by atoms with van der Waals surface area (Å²) in [6.07, 6.45) is -1.13. The molecule has 0 bridgehead atoms. The maximum Gasteiger partial charge on any atom is 0.263 e. The molecule has 1 aromatic rings. The van der Waals surface area contributed by atoms with E-state index in [2.05, 4.69) is 15.3 Å². The van der Waals surface area contributed by atoms with Gasteiger partial charge >= 0.3 is 0 Å². The molecule has 0 radical (unpaired) electrons. The Morgan fingerprint density at radius 3 is 2.50 bits per heavy atom. The highest BCUT2D eigenvalue weighted by Gasteiger charge is 2.11. The highest BCUT2D eigenvalue weighted by atomic mass is 19.3. The summed E-state index contributed by atoms with van der Waals surface area (Å²) in [7, 11) is 3.23. The van der Waals surface area contributed by atoms with Gasteiger partial charge in [0, 0.05) is 37.3 Å². The summed E-state index contributed by atoms with van der Waals surface area (Å²) in [4.78, 5) is 8.13. The van der Waals surface area contributed by atoms with Crippen LogP contribution in [-0.2, 0) is 0 Å². The van der Waals surface area contributed by atoms with Gasteiger partial charge < -0.3 is 11.1 Å². The summed E-state index contributed by atoms with van der Waals surface area (Å²) in [5, 5.41) is 2.98. The predicted octanol–water partition coefficient (Wildman–Crippen LogP) is 3.00. The van der Waals surface area contributed by atoms with E-state index >= 15 is 0 Å². The zero-order valence-corrected chi connectivity index (χ0v) is 11.7. The van der Waals surface area contributed by atoms with E-state index in [-0.39, 0.29) is 5.56 Å². The van der Waals surface area contributed by atoms with Crippen LogP contribution < -0.4 is 11.1 Å². The van der Waals surface area contributed by atoms with Crippen LogP contribution in [0.25, 0.3) is 0 Å². The van der Waals surface area contributed by atoms with Crippen molar-refractivity contribution in [3.8, 4) is 0 Å². The predicted molar refractivity (Wildman–Crippen MR) is 79.7 cm³/mol. The standard InChI is InChI=1S/C14H18F2N4/c1-9(18-2)12(8-17)14(19-3)20-11-6-4-5-10(7-11)13(15)16/h4-8,13H,17H2,1-3H3,(H,19,20). The molecule has 0 heterocycles. The van der Waals surface area contributed by atoms with Crippen LogP contribution in [0.5, 0.6) is 0 Å². The van der Waals surface area contributed by atoms with Crippen LogP contribution in [0.3, 0.4) is 0 Å². The second kappa shape index (κ2) is 7.37. The second-order valence-electron chi connectivity index (χ2n) is 4.01. The third-order valence-corrected chi connectivity index (χ3v) is 2.77. The minimum absolute atomic E-state index is 0.0513. The third-order valence-electron chi connectivity index (χ3n) is 2.77. The van der Waals surface area contributed by atoms with Gasteiger partial charge in [-0.05, 0) is 19.1 Å². The monoisotopic (exact) mass is 280 g/mol. The Balaban J connectivity index is 3.03. The Bertz CT molecular complexity index is 548. The molecule has 0 aliphatic heterocycles. The van der Waals surface area contributed by atoms with Gasteiger partial charge in [0.25, 0.3) is 6.43 Å². The van der Waals surface area contributed by atoms with Crippen molar-refractivity contribution in [3.63, 3.8) is 0 Å². The molecule has 6 heteroatoms. The quantitative estimate of drug-likeness (QED) is 0.658. The van der Waals surface area contributed by atoms with E-state index in [9.17, 15) is 8.78 Å². The highest BCUT2D eigenvalue weighted by molar-refractivity contribution is 6.26. The number of rotatable bonds is 4. The number of amidine groups is 1. The van der Waals surface area contributed by atoms with Crippen LogP contribution in [0.4, 0.5) is 14.5 Å². The molecule has 4 nitrogen and oxygen atoms in total. The van der Waals surface area contributed by atoms with E-state index in [0.29, 0.717) is 22.8 Å². The fourth-order valence-corrected chi connectivity index (χ4v) is 1.62. The molecule has 0 spiro atoms. The van der Waals surface area contributed by atoms with Gasteiger partial charge in [-0.15, -0.1) is 0 Å². The summed E-state index contributed by atoms with van der Waals surface area (Å²) in [6, 6.07) is 5.99. The number of nitrogens with zero attached hydrogens (tertiary/aromatic N) is 2. The number of hydrogen-bond acceptors (Lipinski definition) is 3. The van der Waals surface area contributed by atoms with Gasteiger partial charge in [0.1, 0.15) is 5.84 Å². The largest absolute Gasteiger partial charge is 0.404 e. The van der Waals surface area contributed by atoms with Crippen LogP contribution in [-0.4, -0.2) is 25.6 Å². The number of nitrogens with two attached hydrogens (primary N) is 1. The molecule has 0 atom stereocenters. The molecule has 0 saturated heterocycles. The lowest BCUT2D eigenvalue weighted by molar-refractivity contribution is 0.151. The molecule has 0 aliphatic rings. The van der Waals surface area contributed by atoms with Crippen LogP contribution in [0.2, 0.25) is 0 Å². The van der Waals surface area contributed by atoms with Crippen molar-refractivity contribution >= 4 is 17.2 Å². The molecular formula is C14H18F2N4. The van der Waals surface area contributed by atoms with Gasteiger partial charge in [-0.25, -0.2) is 8.78 Å². The van der Waals surface area contributed by atoms with Gasteiger partial charge in [0.15, 0.2) is 0 Å². The molecule has 0 fully saturated rings. The van der Waals surface area contributed by atoms with Crippen LogP contribution in [0.15, 0.2) is 46.0 Å². The third kappa shape index (κ3) is 3.88. The smallest absolute Gasteiger partial charge is 0.263 e. The maximum absolute atomic E-state index is 12.7. The first-order valence-corrected chi connectivity index (χ1v) is 6.01. The molecule has 20 heavy (non-hydrogen) atoms. The Morgan fingerprint density at radius 1 is 1.30 bits per heavy atom. The van der Waals surface area contributed by atoms with Gasteiger partial charge in [-0.1, -0.05) is 12.1 Å². The lowest BCUT2D eigenvalue weighted by Gasteiger charge is -2.13. The van der Waals surface area contributed by atoms with E-state index in [1.54, 1.807) is 33.2 Å². The Labute approximate surface area is 117 Å². The fourth-order valence-electron chi connectivity index (χ4n) is 1.62. The van der Waals surface area contributed by atoms with E-state index in [4.69, 9.17) is 5.73 Å². The molecule has 0 amide bonds. The molecule has 0 aliphatic carbocycles. The average molecular weight is 280 g/mol. The first-order valence-electron chi connectivity index (χ1n) is 6.01. The number of benzene rings is 1. The molecule has 0 saturated carbocycles. The van der Waals surface area contributed by atoms with E-state index in [0.717, 1.165) is 0 Å². The highest BCUT2D eigenvalue weighted by Crippen LogP contribution is 2.22. The minimum atomic E-state index is -2.51. The van der Waals surface area contributed by atoms with E-state index in [1.807, 2.05) is 0 Å². The number of anilines is 1. The number of hydrogen-bond donors (Lipinski definition) is 2. The fraction of sp³-hybridized carbons (Fsp3) is 0.286. The summed E-state index contributed by atoms with van der Waals surface area (Å²) in [6.45, 7) is 1.79. The lowest BCUT2D eigenvalue weighted by atomic mass is 10.1. The zero-order valence-electron chi connectivity index (χ0n) is 11.7. The second-order valence-corrected chi connectivity index (χ2v) is 4.01. The van der Waals surface area contributed by atoms with Crippen molar-refractivity contribution in [2.24, 2.45) is 15.7 Å². The van der Waals surface area contributed by atoms with E-state index in [1.165, 1.54) is 18.3 Å². The van der Waals surface area contributed by atoms with Crippen LogP contribution in [0, 0.1) is 0 Å². The van der Waals surface area contributed by atoms with Gasteiger partial charge in [0.2, 0.25) is 0 Å². The number of nitrogens with one attached hydrogen (secondary N) is 1. The molecule has 3 N–H and O–H groups in total. The summed E-state index contributed by atoms with van der Waals surface area (Å²) >= 11 is 0. The first-order chi connectivity index (χ1) is 9.53. The SMILES string of the molecule is CN=C(C)C(=CN)C(=NC)Nc1cccc(C(F)F)c1. The van der Waals surface area contributed by atoms with Crippen LogP contribution in [0.1, 0.15) is 18.9 Å². The van der Waals surface area contributed by atoms with Crippen molar-refractivity contribution in [1.82, 2.24) is 0 Å². The molecular weight excluding hydrogens is 262 g/mol. The molecule has 1 rings (SSSR count). The summed E-state index contributed by atoms with van der Waals surface area (Å²) < 4.78 is 25.3. The number of aliphatic imine (C=N–C) groups is 2. The van der Waals surface area contributed by atoms with Crippen molar-refractivity contribution in [1.29, 1.82) is 0 Å². The number of alkyl halides is 2. The normalized spacial score (nSPS) is 13.8. The van der Waals surface area contributed by atoms with Crippen molar-refractivity contribution in [3.05, 3.63) is 41.6 Å². The average Bonchev–Trinajstić information content (AvgIpc) is 2.46. The Morgan fingerprint density at radius 2 is 2.00 bits per heavy atom. The molecule has 0 unspecified atom stereocenters. The zero-order chi connectivity index (χ0) is 15.1. The molecule has 0 aromatic heterocycles. The minimum Gasteiger partial charge on any atom is -0.404 e. The van der Waals surface area contributed by atoms with Gasteiger partial charge in [-0.3, -0.25) is 9.98 Å². The van der Waals surface area contributed by atoms with Gasteiger partial charge in [-0.2, -0.15) is 0 Å². The molecule has 108 valence electrons. The first kappa shape index (κ1) is 15.8. The Hall–Kier alpha value is -2.24. The topological polar surface area (TPSA) is 62.8 Å². The van der Waals surface area contributed by atoms with Crippen LogP contribution >= 0.6 is 0 Å². The summed E-state index contributed by atoms with van der Waals surface area (Å²) in [5.74, 6) is 0.474. The van der Waals surface area contributed by atoms with Crippen molar-refractivity contribution < 1.29 is 8.78 Å².